The zero-order valence-electron chi connectivity index (χ0n) is 7.49. The molecule has 0 spiro atoms. The average Bonchev–Trinajstić information content (AvgIpc) is 2.90. The van der Waals surface area contributed by atoms with Gasteiger partial charge in [0, 0.05) is 0 Å². The summed E-state index contributed by atoms with van der Waals surface area (Å²) in [6.07, 6.45) is 0.682. The lowest BCUT2D eigenvalue weighted by atomic mass is 9.94. The molecule has 0 aromatic heterocycles. The zero-order chi connectivity index (χ0) is 9.76. The van der Waals surface area contributed by atoms with Gasteiger partial charge in [0.15, 0.2) is 0 Å². The normalized spacial score (nSPS) is 33.9. The molecule has 3 nitrogen and oxygen atoms in total. The molecule has 1 saturated carbocycles. The van der Waals surface area contributed by atoms with Crippen molar-refractivity contribution in [3.05, 3.63) is 35.9 Å². The summed E-state index contributed by atoms with van der Waals surface area (Å²) in [6.45, 7) is 0. The average molecular weight is 187 g/mol. The van der Waals surface area contributed by atoms with E-state index in [-0.39, 0.29) is 17.7 Å². The summed E-state index contributed by atoms with van der Waals surface area (Å²) in [5.74, 6) is -0.352. The third-order valence-electron chi connectivity index (χ3n) is 3.21. The number of fused-ring (bicyclic) bond motifs is 1. The molecule has 3 rings (SSSR count). The number of benzene rings is 1. The number of carbonyl (C=O) groups is 2. The fourth-order valence-corrected chi connectivity index (χ4v) is 2.33. The van der Waals surface area contributed by atoms with Crippen LogP contribution >= 0.6 is 0 Å². The van der Waals surface area contributed by atoms with Gasteiger partial charge in [0.25, 0.3) is 0 Å². The van der Waals surface area contributed by atoms with E-state index in [1.54, 1.807) is 0 Å². The van der Waals surface area contributed by atoms with Crippen LogP contribution in [0.15, 0.2) is 30.3 Å². The van der Waals surface area contributed by atoms with Crippen LogP contribution in [0.3, 0.4) is 0 Å². The second-order valence-corrected chi connectivity index (χ2v) is 3.91. The molecule has 14 heavy (non-hydrogen) atoms. The Kier molecular flexibility index (Phi) is 1.23. The minimum absolute atomic E-state index is 0.112. The SMILES string of the molecule is O=C1NC(=O)[C@@]2(c3ccccc3)C[C@@H]12. The highest BCUT2D eigenvalue weighted by molar-refractivity contribution is 6.15. The van der Waals surface area contributed by atoms with Crippen LogP contribution in [-0.4, -0.2) is 11.8 Å². The number of amides is 2. The number of rotatable bonds is 1. The van der Waals surface area contributed by atoms with Gasteiger partial charge in [0.05, 0.1) is 11.3 Å². The standard InChI is InChI=1S/C11H9NO2/c13-9-8-6-11(8,10(14)12-9)7-4-2-1-3-5-7/h1-5,8H,6H2,(H,12,13,14)/t8-,11+/m0/s1. The molecule has 2 aliphatic rings. The quantitative estimate of drug-likeness (QED) is 0.654. The molecule has 1 N–H and O–H groups in total. The molecule has 2 fully saturated rings. The molecule has 2 atom stereocenters. The van der Waals surface area contributed by atoms with E-state index in [4.69, 9.17) is 0 Å². The van der Waals surface area contributed by atoms with Gasteiger partial charge in [0.2, 0.25) is 11.8 Å². The number of piperidine rings is 1. The van der Waals surface area contributed by atoms with E-state index in [0.717, 1.165) is 5.56 Å². The first-order valence-corrected chi connectivity index (χ1v) is 4.66. The molecule has 1 aromatic rings. The highest BCUT2D eigenvalue weighted by Crippen LogP contribution is 2.57. The van der Waals surface area contributed by atoms with Crippen LogP contribution in [-0.2, 0) is 15.0 Å². The van der Waals surface area contributed by atoms with Crippen molar-refractivity contribution in [1.82, 2.24) is 5.32 Å². The van der Waals surface area contributed by atoms with Gasteiger partial charge in [-0.15, -0.1) is 0 Å². The molecule has 0 unspecified atom stereocenters. The molecular weight excluding hydrogens is 178 g/mol. The molecule has 1 aliphatic heterocycles. The van der Waals surface area contributed by atoms with Crippen molar-refractivity contribution in [3.8, 4) is 0 Å². The zero-order valence-corrected chi connectivity index (χ0v) is 7.49. The van der Waals surface area contributed by atoms with E-state index < -0.39 is 5.41 Å². The Hall–Kier alpha value is -1.64. The molecule has 1 heterocycles. The Morgan fingerprint density at radius 3 is 2.43 bits per heavy atom. The minimum Gasteiger partial charge on any atom is -0.295 e. The summed E-state index contributed by atoms with van der Waals surface area (Å²) in [7, 11) is 0. The maximum atomic E-state index is 11.6. The van der Waals surface area contributed by atoms with Crippen LogP contribution in [0.1, 0.15) is 12.0 Å². The van der Waals surface area contributed by atoms with E-state index in [9.17, 15) is 9.59 Å². The van der Waals surface area contributed by atoms with Crippen LogP contribution in [0.2, 0.25) is 0 Å². The maximum absolute atomic E-state index is 11.6. The molecule has 70 valence electrons. The van der Waals surface area contributed by atoms with E-state index >= 15 is 0 Å². The highest BCUT2D eigenvalue weighted by Gasteiger charge is 2.69. The van der Waals surface area contributed by atoms with E-state index in [2.05, 4.69) is 5.32 Å². The Morgan fingerprint density at radius 1 is 1.21 bits per heavy atom. The Balaban J connectivity index is 2.09. The molecule has 0 radical (unpaired) electrons. The van der Waals surface area contributed by atoms with Gasteiger partial charge in [-0.2, -0.15) is 0 Å². The van der Waals surface area contributed by atoms with E-state index in [1.165, 1.54) is 0 Å². The summed E-state index contributed by atoms with van der Waals surface area (Å²) < 4.78 is 0. The van der Waals surface area contributed by atoms with Gasteiger partial charge >= 0.3 is 0 Å². The first-order valence-electron chi connectivity index (χ1n) is 4.66. The fourth-order valence-electron chi connectivity index (χ4n) is 2.33. The summed E-state index contributed by atoms with van der Waals surface area (Å²) in [5, 5.41) is 2.38. The lowest BCUT2D eigenvalue weighted by Gasteiger charge is -2.08. The smallest absolute Gasteiger partial charge is 0.238 e. The number of carbonyl (C=O) groups excluding carboxylic acids is 2. The van der Waals surface area contributed by atoms with Crippen molar-refractivity contribution < 1.29 is 9.59 Å². The van der Waals surface area contributed by atoms with Crippen molar-refractivity contribution in [1.29, 1.82) is 0 Å². The largest absolute Gasteiger partial charge is 0.295 e. The molecule has 0 bridgehead atoms. The molecule has 1 aliphatic carbocycles. The van der Waals surface area contributed by atoms with Gasteiger partial charge in [-0.25, -0.2) is 0 Å². The number of nitrogens with one attached hydrogen (secondary N) is 1. The van der Waals surface area contributed by atoms with Crippen molar-refractivity contribution in [2.24, 2.45) is 5.92 Å². The topological polar surface area (TPSA) is 46.2 Å². The van der Waals surface area contributed by atoms with Crippen molar-refractivity contribution >= 4 is 11.8 Å². The fraction of sp³-hybridized carbons (Fsp3) is 0.273. The maximum Gasteiger partial charge on any atom is 0.238 e. The third kappa shape index (κ3) is 0.726. The lowest BCUT2D eigenvalue weighted by molar-refractivity contribution is -0.127. The van der Waals surface area contributed by atoms with Crippen LogP contribution in [0.25, 0.3) is 0 Å². The van der Waals surface area contributed by atoms with Crippen molar-refractivity contribution in [2.45, 2.75) is 11.8 Å². The van der Waals surface area contributed by atoms with Gasteiger partial charge in [-0.05, 0) is 12.0 Å². The first-order chi connectivity index (χ1) is 6.75. The number of hydrogen-bond donors (Lipinski definition) is 1. The minimum atomic E-state index is -0.516. The summed E-state index contributed by atoms with van der Waals surface area (Å²) in [5.41, 5.74) is 0.451. The van der Waals surface area contributed by atoms with Crippen LogP contribution in [0.5, 0.6) is 0 Å². The van der Waals surface area contributed by atoms with Gasteiger partial charge < -0.3 is 0 Å². The molecule has 1 saturated heterocycles. The highest BCUT2D eigenvalue weighted by atomic mass is 16.2. The molecule has 3 heteroatoms. The van der Waals surface area contributed by atoms with E-state index in [0.29, 0.717) is 6.42 Å². The number of hydrogen-bond acceptors (Lipinski definition) is 2. The predicted octanol–water partition coefficient (Wildman–Crippen LogP) is 0.601. The third-order valence-corrected chi connectivity index (χ3v) is 3.21. The summed E-state index contributed by atoms with van der Waals surface area (Å²) >= 11 is 0. The summed E-state index contributed by atoms with van der Waals surface area (Å²) in [4.78, 5) is 22.9. The lowest BCUT2D eigenvalue weighted by Crippen LogP contribution is -2.30. The van der Waals surface area contributed by atoms with Crippen LogP contribution in [0.4, 0.5) is 0 Å². The van der Waals surface area contributed by atoms with E-state index in [1.807, 2.05) is 30.3 Å². The Bertz CT molecular complexity index is 426. The van der Waals surface area contributed by atoms with Crippen molar-refractivity contribution in [3.63, 3.8) is 0 Å². The first kappa shape index (κ1) is 7.74. The van der Waals surface area contributed by atoms with Crippen molar-refractivity contribution in [2.75, 3.05) is 0 Å². The molecule has 1 aromatic carbocycles. The van der Waals surface area contributed by atoms with Crippen LogP contribution in [0, 0.1) is 5.92 Å². The summed E-state index contributed by atoms with van der Waals surface area (Å²) in [6, 6.07) is 9.54. The second kappa shape index (κ2) is 2.23. The Morgan fingerprint density at radius 2 is 1.93 bits per heavy atom. The van der Waals surface area contributed by atoms with Gasteiger partial charge in [-0.3, -0.25) is 14.9 Å². The number of imide groups is 1. The van der Waals surface area contributed by atoms with Crippen LogP contribution < -0.4 is 5.32 Å². The molecular formula is C11H9NO2. The second-order valence-electron chi connectivity index (χ2n) is 3.91. The predicted molar refractivity (Wildman–Crippen MR) is 49.4 cm³/mol. The van der Waals surface area contributed by atoms with Gasteiger partial charge in [0.1, 0.15) is 0 Å². The monoisotopic (exact) mass is 187 g/mol. The Labute approximate surface area is 81.1 Å². The molecule has 2 amide bonds. The van der Waals surface area contributed by atoms with Gasteiger partial charge in [-0.1, -0.05) is 30.3 Å².